The van der Waals surface area contributed by atoms with Crippen molar-refractivity contribution < 1.29 is 116 Å². The number of rotatable bonds is 54. The molecule has 0 bridgehead atoms. The maximum absolute atomic E-state index is 12.7. The number of aldehydes is 1. The Morgan fingerprint density at radius 3 is 1.49 bits per heavy atom. The Bertz CT molecular complexity index is 2890. The normalized spacial score (nSPS) is 18.5. The number of fused-ring (bicyclic) bond motifs is 2. The first kappa shape index (κ1) is 77.9. The molecule has 27 nitrogen and oxygen atoms in total. The van der Waals surface area contributed by atoms with Crippen molar-refractivity contribution in [1.29, 1.82) is 0 Å². The summed E-state index contributed by atoms with van der Waals surface area (Å²) in [6.07, 6.45) is 10.1. The number of carbonyl (C=O) groups is 3. The molecular formula is C63H96N3O24S2+. The number of nitrogens with zero attached hydrogens (tertiary/aromatic N) is 3. The summed E-state index contributed by atoms with van der Waals surface area (Å²) in [5, 5.41) is 0.645. The Morgan fingerprint density at radius 1 is 0.543 bits per heavy atom. The zero-order valence-corrected chi connectivity index (χ0v) is 55.5. The van der Waals surface area contributed by atoms with Gasteiger partial charge in [-0.3, -0.25) is 23.5 Å². The van der Waals surface area contributed by atoms with E-state index in [9.17, 15) is 40.3 Å². The van der Waals surface area contributed by atoms with Crippen LogP contribution in [0.15, 0.2) is 82.3 Å². The summed E-state index contributed by atoms with van der Waals surface area (Å²) in [6, 6.07) is 9.12. The quantitative estimate of drug-likeness (QED) is 0.0228. The standard InChI is InChI=1S/C63H95N3O24S2/c1-6-78-32-33-82-26-21-64-56-14-12-52(91(70,71)72)48-54(56)62(2,19-24-80-35-39-87-44-42-84-30-28-76-4)58(64)10-8-7-9-11-59-63(3,20-25-81-36-40-88-45-43-85-31-29-77-5)55-49-53(92(73,74)75)13-15-57(55)65(59)22-27-83-37-41-89-47-46-86-38-34-79-23-18-51(50-67)90-66-60(68)16-17-61(66)69/h7-15,48-51H,6,16-47H2,1-5H3,(H-,70,71,72,73,74,75)/p+1. The predicted molar refractivity (Wildman–Crippen MR) is 336 cm³/mol. The van der Waals surface area contributed by atoms with E-state index in [-0.39, 0.29) is 102 Å². The van der Waals surface area contributed by atoms with Crippen molar-refractivity contribution in [3.8, 4) is 0 Å². The highest BCUT2D eigenvalue weighted by molar-refractivity contribution is 7.86. The topological polar surface area (TPSA) is 308 Å². The largest absolute Gasteiger partial charge is 0.382 e. The first-order valence-electron chi connectivity index (χ1n) is 31.0. The second kappa shape index (κ2) is 42.6. The number of imide groups is 1. The molecule has 0 spiro atoms. The monoisotopic (exact) mass is 1340 g/mol. The number of hydroxylamine groups is 2. The third-order valence-corrected chi connectivity index (χ3v) is 16.8. The molecule has 29 heteroatoms. The molecule has 0 saturated carbocycles. The molecule has 0 aliphatic carbocycles. The minimum absolute atomic E-state index is 0.0497. The summed E-state index contributed by atoms with van der Waals surface area (Å²) in [7, 11) is -5.97. The molecule has 3 unspecified atom stereocenters. The van der Waals surface area contributed by atoms with Crippen molar-refractivity contribution in [2.75, 3.05) is 204 Å². The van der Waals surface area contributed by atoms with E-state index in [0.29, 0.717) is 153 Å². The molecule has 518 valence electrons. The second-order valence-corrected chi connectivity index (χ2v) is 24.4. The van der Waals surface area contributed by atoms with Gasteiger partial charge < -0.3 is 76.0 Å². The Hall–Kier alpha value is -4.84. The first-order valence-corrected chi connectivity index (χ1v) is 33.9. The van der Waals surface area contributed by atoms with Gasteiger partial charge >= 0.3 is 0 Å². The minimum atomic E-state index is -4.61. The van der Waals surface area contributed by atoms with Crippen molar-refractivity contribution in [2.24, 2.45) is 0 Å². The SMILES string of the molecule is CCOCCOCCN1/C(=C/C=C/C=C/C2=[N+](CCOCCOCCOCCOCCC(C=O)ON3C(=O)CCC3=O)c3ccc(S(=O)(=O)O)cc3C2(C)CCOCCOCCOCCOC)C(C)(CCOCCOCCOCCOC)c2cc(S(=O)(=O)O)ccc21. The van der Waals surface area contributed by atoms with Crippen LogP contribution in [-0.2, 0) is 117 Å². The van der Waals surface area contributed by atoms with Crippen LogP contribution in [0.1, 0.15) is 64.0 Å². The van der Waals surface area contributed by atoms with Gasteiger partial charge in [0, 0.05) is 101 Å². The summed E-state index contributed by atoms with van der Waals surface area (Å²) in [5.41, 5.74) is 2.67. The Morgan fingerprint density at radius 2 is 0.989 bits per heavy atom. The van der Waals surface area contributed by atoms with Gasteiger partial charge in [-0.15, -0.1) is 0 Å². The van der Waals surface area contributed by atoms with Gasteiger partial charge in [0.2, 0.25) is 5.69 Å². The fourth-order valence-corrected chi connectivity index (χ4v) is 11.3. The van der Waals surface area contributed by atoms with Crippen LogP contribution in [0.2, 0.25) is 0 Å². The first-order chi connectivity index (χ1) is 44.4. The lowest BCUT2D eigenvalue weighted by molar-refractivity contribution is -0.442. The lowest BCUT2D eigenvalue weighted by atomic mass is 9.76. The Kier molecular flexibility index (Phi) is 36.0. The number of hydrogen-bond donors (Lipinski definition) is 2. The number of anilines is 1. The van der Waals surface area contributed by atoms with E-state index in [2.05, 4.69) is 9.48 Å². The molecule has 2 N–H and O–H groups in total. The zero-order valence-electron chi connectivity index (χ0n) is 53.9. The van der Waals surface area contributed by atoms with Crippen LogP contribution in [0.4, 0.5) is 11.4 Å². The van der Waals surface area contributed by atoms with Crippen LogP contribution in [0.5, 0.6) is 0 Å². The van der Waals surface area contributed by atoms with Gasteiger partial charge in [-0.25, -0.2) is 0 Å². The molecule has 3 heterocycles. The van der Waals surface area contributed by atoms with E-state index < -0.39 is 49.0 Å². The number of methoxy groups -OCH3 is 2. The maximum atomic E-state index is 12.7. The van der Waals surface area contributed by atoms with Crippen LogP contribution >= 0.6 is 0 Å². The van der Waals surface area contributed by atoms with Crippen LogP contribution in [0, 0.1) is 0 Å². The average Bonchev–Trinajstić information content (AvgIpc) is 1.59. The number of allylic oxidation sites excluding steroid dienone is 6. The molecule has 0 aromatic heterocycles. The lowest BCUT2D eigenvalue weighted by Crippen LogP contribution is -2.35. The number of benzene rings is 2. The highest BCUT2D eigenvalue weighted by Gasteiger charge is 2.48. The van der Waals surface area contributed by atoms with Crippen molar-refractivity contribution >= 4 is 55.4 Å². The van der Waals surface area contributed by atoms with E-state index in [1.54, 1.807) is 26.4 Å². The molecule has 3 atom stereocenters. The third-order valence-electron chi connectivity index (χ3n) is 15.1. The van der Waals surface area contributed by atoms with Crippen LogP contribution in [0.3, 0.4) is 0 Å². The van der Waals surface area contributed by atoms with Gasteiger partial charge in [0.1, 0.15) is 12.7 Å². The smallest absolute Gasteiger partial charge is 0.294 e. The van der Waals surface area contributed by atoms with Gasteiger partial charge in [0.25, 0.3) is 32.1 Å². The van der Waals surface area contributed by atoms with Crippen LogP contribution in [-0.4, -0.2) is 265 Å². The third kappa shape index (κ3) is 25.7. The molecule has 1 fully saturated rings. The fraction of sp³-hybridized carbons (Fsp3) is 0.651. The molecule has 3 aliphatic heterocycles. The number of amides is 2. The summed E-state index contributed by atoms with van der Waals surface area (Å²) >= 11 is 0. The predicted octanol–water partition coefficient (Wildman–Crippen LogP) is 4.64. The zero-order chi connectivity index (χ0) is 66.5. The Labute approximate surface area is 541 Å². The average molecular weight is 1340 g/mol. The highest BCUT2D eigenvalue weighted by Crippen LogP contribution is 2.51. The maximum Gasteiger partial charge on any atom is 0.294 e. The summed E-state index contributed by atoms with van der Waals surface area (Å²) < 4.78 is 152. The molecule has 92 heavy (non-hydrogen) atoms. The van der Waals surface area contributed by atoms with E-state index in [1.165, 1.54) is 24.3 Å². The Balaban J connectivity index is 1.33. The van der Waals surface area contributed by atoms with Gasteiger partial charge in [0.15, 0.2) is 18.5 Å². The van der Waals surface area contributed by atoms with E-state index in [0.717, 1.165) is 17.1 Å². The lowest BCUT2D eigenvalue weighted by Gasteiger charge is -2.30. The molecule has 5 rings (SSSR count). The fourth-order valence-electron chi connectivity index (χ4n) is 10.3. The summed E-state index contributed by atoms with van der Waals surface area (Å²) in [4.78, 5) is 41.9. The van der Waals surface area contributed by atoms with Crippen molar-refractivity contribution in [2.45, 2.75) is 79.6 Å². The van der Waals surface area contributed by atoms with Crippen molar-refractivity contribution in [3.05, 3.63) is 83.6 Å². The summed E-state index contributed by atoms with van der Waals surface area (Å²) in [5.74, 6) is -0.961. The molecule has 1 saturated heterocycles. The van der Waals surface area contributed by atoms with Gasteiger partial charge in [-0.05, 0) is 75.6 Å². The second-order valence-electron chi connectivity index (χ2n) is 21.5. The van der Waals surface area contributed by atoms with Gasteiger partial charge in [0.05, 0.1) is 154 Å². The van der Waals surface area contributed by atoms with E-state index in [4.69, 9.17) is 71.2 Å². The summed E-state index contributed by atoms with van der Waals surface area (Å²) in [6.45, 7) is 15.5. The molecule has 2 aromatic carbocycles. The molecule has 0 radical (unpaired) electrons. The molecule has 2 aromatic rings. The van der Waals surface area contributed by atoms with E-state index >= 15 is 0 Å². The highest BCUT2D eigenvalue weighted by atomic mass is 32.2. The van der Waals surface area contributed by atoms with Gasteiger partial charge in [-0.2, -0.15) is 26.5 Å². The van der Waals surface area contributed by atoms with Crippen LogP contribution < -0.4 is 4.90 Å². The minimum Gasteiger partial charge on any atom is -0.382 e. The number of hydrogen-bond acceptors (Lipinski definition) is 23. The van der Waals surface area contributed by atoms with Crippen molar-refractivity contribution in [3.63, 3.8) is 0 Å². The number of ether oxygens (including phenoxy) is 14. The molecular weight excluding hydrogens is 1250 g/mol. The molecule has 2 amide bonds. The van der Waals surface area contributed by atoms with Gasteiger partial charge in [-0.1, -0.05) is 18.2 Å². The number of carbonyl (C=O) groups excluding carboxylic acids is 3. The molecule has 3 aliphatic rings. The van der Waals surface area contributed by atoms with E-state index in [1.807, 2.05) is 51.2 Å². The van der Waals surface area contributed by atoms with Crippen LogP contribution in [0.25, 0.3) is 0 Å². The van der Waals surface area contributed by atoms with Crippen molar-refractivity contribution in [1.82, 2.24) is 5.06 Å².